The van der Waals surface area contributed by atoms with Crippen LogP contribution < -0.4 is 5.32 Å². The quantitative estimate of drug-likeness (QED) is 0.823. The zero-order valence-electron chi connectivity index (χ0n) is 14.7. The summed E-state index contributed by atoms with van der Waals surface area (Å²) < 4.78 is 7.10. The van der Waals surface area contributed by atoms with E-state index < -0.39 is 17.9 Å². The highest BCUT2D eigenvalue weighted by molar-refractivity contribution is 5.97. The molecular formula is C19H23N3O4. The molecule has 0 radical (unpaired) electrons. The van der Waals surface area contributed by atoms with Crippen LogP contribution >= 0.6 is 0 Å². The minimum Gasteiger partial charge on any atom is -0.480 e. The van der Waals surface area contributed by atoms with Crippen LogP contribution in [-0.2, 0) is 16.1 Å². The highest BCUT2D eigenvalue weighted by atomic mass is 16.5. The minimum atomic E-state index is -1.04. The topological polar surface area (TPSA) is 93.5 Å². The van der Waals surface area contributed by atoms with Gasteiger partial charge in [-0.1, -0.05) is 30.3 Å². The number of rotatable bonds is 6. The molecule has 3 rings (SSSR count). The molecule has 1 aromatic carbocycles. The monoisotopic (exact) mass is 357 g/mol. The molecule has 7 heteroatoms. The molecule has 138 valence electrons. The van der Waals surface area contributed by atoms with Crippen LogP contribution in [0.25, 0.3) is 0 Å². The molecule has 1 amide bonds. The molecule has 26 heavy (non-hydrogen) atoms. The Labute approximate surface area is 152 Å². The van der Waals surface area contributed by atoms with E-state index >= 15 is 0 Å². The Kier molecular flexibility index (Phi) is 5.68. The Balaban J connectivity index is 1.71. The molecule has 0 bridgehead atoms. The van der Waals surface area contributed by atoms with Crippen LogP contribution in [0.4, 0.5) is 0 Å². The molecule has 2 heterocycles. The van der Waals surface area contributed by atoms with Gasteiger partial charge in [0, 0.05) is 18.2 Å². The first-order chi connectivity index (χ1) is 12.6. The lowest BCUT2D eigenvalue weighted by molar-refractivity contribution is -0.142. The van der Waals surface area contributed by atoms with E-state index in [1.165, 1.54) is 6.20 Å². The summed E-state index contributed by atoms with van der Waals surface area (Å²) in [5, 5.41) is 16.4. The van der Waals surface area contributed by atoms with E-state index in [0.29, 0.717) is 31.0 Å². The van der Waals surface area contributed by atoms with Crippen molar-refractivity contribution in [2.75, 3.05) is 13.2 Å². The molecule has 7 nitrogen and oxygen atoms in total. The molecule has 1 aromatic heterocycles. The molecular weight excluding hydrogens is 334 g/mol. The van der Waals surface area contributed by atoms with Gasteiger partial charge < -0.3 is 15.2 Å². The van der Waals surface area contributed by atoms with E-state index in [2.05, 4.69) is 10.4 Å². The van der Waals surface area contributed by atoms with E-state index in [9.17, 15) is 14.7 Å². The number of hydrogen-bond acceptors (Lipinski definition) is 4. The van der Waals surface area contributed by atoms with Crippen LogP contribution in [0.2, 0.25) is 0 Å². The molecule has 1 aliphatic heterocycles. The number of aromatic nitrogens is 2. The third kappa shape index (κ3) is 4.11. The maximum atomic E-state index is 12.6. The number of nitrogens with one attached hydrogen (secondary N) is 1. The molecule has 1 fully saturated rings. The maximum Gasteiger partial charge on any atom is 0.326 e. The van der Waals surface area contributed by atoms with Gasteiger partial charge >= 0.3 is 5.97 Å². The summed E-state index contributed by atoms with van der Waals surface area (Å²) in [6, 6.07) is 8.87. The van der Waals surface area contributed by atoms with E-state index in [1.54, 1.807) is 4.68 Å². The fraction of sp³-hybridized carbons (Fsp3) is 0.421. The first kappa shape index (κ1) is 18.1. The van der Waals surface area contributed by atoms with Crippen molar-refractivity contribution in [3.63, 3.8) is 0 Å². The average molecular weight is 357 g/mol. The number of carboxylic acids is 1. The van der Waals surface area contributed by atoms with Crippen molar-refractivity contribution in [2.24, 2.45) is 5.92 Å². The van der Waals surface area contributed by atoms with Crippen LogP contribution in [0.5, 0.6) is 0 Å². The van der Waals surface area contributed by atoms with Crippen LogP contribution in [0.1, 0.15) is 34.5 Å². The second kappa shape index (κ2) is 8.14. The van der Waals surface area contributed by atoms with Gasteiger partial charge in [-0.15, -0.1) is 0 Å². The average Bonchev–Trinajstić information content (AvgIpc) is 3.01. The second-order valence-electron chi connectivity index (χ2n) is 6.55. The van der Waals surface area contributed by atoms with Crippen LogP contribution in [0.15, 0.2) is 36.5 Å². The summed E-state index contributed by atoms with van der Waals surface area (Å²) in [5.74, 6) is -1.67. The molecule has 1 saturated heterocycles. The number of hydrogen-bond donors (Lipinski definition) is 2. The third-order valence-electron chi connectivity index (χ3n) is 4.74. The van der Waals surface area contributed by atoms with Gasteiger partial charge in [-0.2, -0.15) is 5.10 Å². The maximum absolute atomic E-state index is 12.6. The largest absolute Gasteiger partial charge is 0.480 e. The summed E-state index contributed by atoms with van der Waals surface area (Å²) in [4.78, 5) is 24.2. The Morgan fingerprint density at radius 1 is 1.38 bits per heavy atom. The smallest absolute Gasteiger partial charge is 0.326 e. The SMILES string of the molecule is Cc1c(C(=O)NC(C(=O)O)C2CCCOC2)cnn1Cc1ccccc1. The highest BCUT2D eigenvalue weighted by Crippen LogP contribution is 2.19. The second-order valence-corrected chi connectivity index (χ2v) is 6.55. The zero-order valence-corrected chi connectivity index (χ0v) is 14.7. The summed E-state index contributed by atoms with van der Waals surface area (Å²) in [5.41, 5.74) is 2.17. The van der Waals surface area contributed by atoms with Gasteiger partial charge in [-0.05, 0) is 25.3 Å². The standard InChI is InChI=1S/C19H23N3O4/c1-13-16(10-20-22(13)11-14-6-3-2-4-7-14)18(23)21-17(19(24)25)15-8-5-9-26-12-15/h2-4,6-7,10,15,17H,5,8-9,11-12H2,1H3,(H,21,23)(H,24,25). The van der Waals surface area contributed by atoms with Crippen molar-refractivity contribution < 1.29 is 19.4 Å². The number of benzene rings is 1. The molecule has 2 aromatic rings. The summed E-state index contributed by atoms with van der Waals surface area (Å²) in [6.07, 6.45) is 3.02. The predicted octanol–water partition coefficient (Wildman–Crippen LogP) is 1.85. The lowest BCUT2D eigenvalue weighted by atomic mass is 9.93. The third-order valence-corrected chi connectivity index (χ3v) is 4.74. The number of amides is 1. The summed E-state index contributed by atoms with van der Waals surface area (Å²) >= 11 is 0. The number of carbonyl (C=O) groups excluding carboxylic acids is 1. The van der Waals surface area contributed by atoms with E-state index in [0.717, 1.165) is 18.4 Å². The van der Waals surface area contributed by atoms with Crippen molar-refractivity contribution in [1.82, 2.24) is 15.1 Å². The molecule has 2 N–H and O–H groups in total. The highest BCUT2D eigenvalue weighted by Gasteiger charge is 2.32. The molecule has 0 spiro atoms. The number of carbonyl (C=O) groups is 2. The lowest BCUT2D eigenvalue weighted by Gasteiger charge is -2.28. The number of aliphatic carboxylic acids is 1. The summed E-state index contributed by atoms with van der Waals surface area (Å²) in [6.45, 7) is 3.36. The Bertz CT molecular complexity index is 766. The Hall–Kier alpha value is -2.67. The first-order valence-corrected chi connectivity index (χ1v) is 8.74. The Morgan fingerprint density at radius 3 is 2.81 bits per heavy atom. The zero-order chi connectivity index (χ0) is 18.5. The van der Waals surface area contributed by atoms with Crippen molar-refractivity contribution in [2.45, 2.75) is 32.4 Å². The van der Waals surface area contributed by atoms with Crippen LogP contribution in [0, 0.1) is 12.8 Å². The molecule has 0 saturated carbocycles. The molecule has 2 atom stereocenters. The predicted molar refractivity (Wildman–Crippen MR) is 94.9 cm³/mol. The van der Waals surface area contributed by atoms with E-state index in [-0.39, 0.29) is 5.92 Å². The number of ether oxygens (including phenoxy) is 1. The van der Waals surface area contributed by atoms with Gasteiger partial charge in [0.05, 0.1) is 24.9 Å². The van der Waals surface area contributed by atoms with Gasteiger partial charge in [-0.3, -0.25) is 9.48 Å². The fourth-order valence-corrected chi connectivity index (χ4v) is 3.21. The van der Waals surface area contributed by atoms with Gasteiger partial charge in [0.1, 0.15) is 6.04 Å². The van der Waals surface area contributed by atoms with Crippen molar-refractivity contribution in [3.05, 3.63) is 53.3 Å². The van der Waals surface area contributed by atoms with Crippen molar-refractivity contribution in [1.29, 1.82) is 0 Å². The minimum absolute atomic E-state index is 0.218. The van der Waals surface area contributed by atoms with Gasteiger partial charge in [0.15, 0.2) is 0 Å². The number of nitrogens with zero attached hydrogens (tertiary/aromatic N) is 2. The molecule has 1 aliphatic rings. The molecule has 2 unspecified atom stereocenters. The van der Waals surface area contributed by atoms with Gasteiger partial charge in [0.2, 0.25) is 0 Å². The van der Waals surface area contributed by atoms with E-state index in [4.69, 9.17) is 4.74 Å². The van der Waals surface area contributed by atoms with Crippen LogP contribution in [0.3, 0.4) is 0 Å². The summed E-state index contributed by atoms with van der Waals surface area (Å²) in [7, 11) is 0. The van der Waals surface area contributed by atoms with E-state index in [1.807, 2.05) is 37.3 Å². The molecule has 0 aliphatic carbocycles. The van der Waals surface area contributed by atoms with Crippen molar-refractivity contribution in [3.8, 4) is 0 Å². The normalized spacial score (nSPS) is 18.3. The van der Waals surface area contributed by atoms with Crippen LogP contribution in [-0.4, -0.2) is 46.0 Å². The first-order valence-electron chi connectivity index (χ1n) is 8.74. The Morgan fingerprint density at radius 2 is 2.15 bits per heavy atom. The van der Waals surface area contributed by atoms with Crippen molar-refractivity contribution >= 4 is 11.9 Å². The number of carboxylic acid groups (broad SMARTS) is 1. The fourth-order valence-electron chi connectivity index (χ4n) is 3.21. The van der Waals surface area contributed by atoms with Gasteiger partial charge in [0.25, 0.3) is 5.91 Å². The lowest BCUT2D eigenvalue weighted by Crippen LogP contribution is -2.48. The van der Waals surface area contributed by atoms with Gasteiger partial charge in [-0.25, -0.2) is 4.79 Å².